The van der Waals surface area contributed by atoms with Crippen molar-refractivity contribution in [3.8, 4) is 0 Å². The van der Waals surface area contributed by atoms with E-state index in [0.29, 0.717) is 13.1 Å². The summed E-state index contributed by atoms with van der Waals surface area (Å²) in [6.07, 6.45) is 2.34. The van der Waals surface area contributed by atoms with E-state index in [9.17, 15) is 18.5 Å². The van der Waals surface area contributed by atoms with E-state index in [2.05, 4.69) is 10.5 Å². The van der Waals surface area contributed by atoms with Gasteiger partial charge in [0.1, 0.15) is 5.69 Å². The van der Waals surface area contributed by atoms with E-state index >= 15 is 0 Å². The summed E-state index contributed by atoms with van der Waals surface area (Å²) in [5, 5.41) is 15.6. The number of hydrogen-bond acceptors (Lipinski definition) is 6. The molecule has 1 saturated heterocycles. The molecule has 1 aliphatic heterocycles. The molecule has 1 fully saturated rings. The molecule has 25 heavy (non-hydrogen) atoms. The van der Waals surface area contributed by atoms with E-state index < -0.39 is 14.9 Å². The summed E-state index contributed by atoms with van der Waals surface area (Å²) in [6, 6.07) is 3.89. The number of nitrogens with one attached hydrogen (secondary N) is 1. The second kappa shape index (κ2) is 7.92. The van der Waals surface area contributed by atoms with Crippen molar-refractivity contribution in [1.82, 2.24) is 4.31 Å². The number of hydrogen-bond donors (Lipinski definition) is 1. The van der Waals surface area contributed by atoms with Gasteiger partial charge in [-0.15, -0.1) is 0 Å². The molecule has 138 valence electrons. The monoisotopic (exact) mass is 368 g/mol. The van der Waals surface area contributed by atoms with Crippen LogP contribution in [-0.2, 0) is 10.0 Å². The van der Waals surface area contributed by atoms with Crippen LogP contribution < -0.4 is 5.43 Å². The third-order valence-corrected chi connectivity index (χ3v) is 6.11. The molecular formula is C16H24N4O4S. The summed E-state index contributed by atoms with van der Waals surface area (Å²) in [6.45, 7) is 6.85. The van der Waals surface area contributed by atoms with Gasteiger partial charge in [-0.05, 0) is 37.3 Å². The molecule has 0 atom stereocenters. The van der Waals surface area contributed by atoms with Gasteiger partial charge >= 0.3 is 0 Å². The number of nitrogens with zero attached hydrogens (tertiary/aromatic N) is 3. The number of sulfonamides is 1. The first-order chi connectivity index (χ1) is 11.8. The van der Waals surface area contributed by atoms with Crippen LogP contribution in [0.2, 0.25) is 0 Å². The topological polar surface area (TPSA) is 105 Å². The lowest BCUT2D eigenvalue weighted by atomic mass is 10.1. The first kappa shape index (κ1) is 19.3. The Bertz CT molecular complexity index is 768. The highest BCUT2D eigenvalue weighted by atomic mass is 32.2. The van der Waals surface area contributed by atoms with Gasteiger partial charge in [-0.2, -0.15) is 9.41 Å². The lowest BCUT2D eigenvalue weighted by Gasteiger charge is -2.16. The zero-order chi connectivity index (χ0) is 18.6. The molecule has 0 unspecified atom stereocenters. The average molecular weight is 368 g/mol. The molecule has 0 saturated carbocycles. The van der Waals surface area contributed by atoms with Gasteiger partial charge in [0, 0.05) is 24.9 Å². The van der Waals surface area contributed by atoms with E-state index in [0.717, 1.165) is 31.0 Å². The Morgan fingerprint density at radius 1 is 1.36 bits per heavy atom. The van der Waals surface area contributed by atoms with Gasteiger partial charge in [-0.3, -0.25) is 15.5 Å². The van der Waals surface area contributed by atoms with Crippen molar-refractivity contribution in [3.63, 3.8) is 0 Å². The number of benzene rings is 1. The van der Waals surface area contributed by atoms with Gasteiger partial charge in [0.15, 0.2) is 0 Å². The largest absolute Gasteiger partial charge is 0.295 e. The Labute approximate surface area is 148 Å². The Hall–Kier alpha value is -2.00. The third-order valence-electron chi connectivity index (χ3n) is 4.22. The van der Waals surface area contributed by atoms with Gasteiger partial charge in [0.2, 0.25) is 10.0 Å². The van der Waals surface area contributed by atoms with Gasteiger partial charge in [-0.1, -0.05) is 20.8 Å². The molecule has 1 aliphatic rings. The first-order valence-electron chi connectivity index (χ1n) is 8.38. The van der Waals surface area contributed by atoms with Gasteiger partial charge < -0.3 is 0 Å². The minimum atomic E-state index is -3.70. The van der Waals surface area contributed by atoms with E-state index in [1.54, 1.807) is 0 Å². The maximum Gasteiger partial charge on any atom is 0.295 e. The molecule has 9 heteroatoms. The molecule has 1 aromatic rings. The van der Waals surface area contributed by atoms with Crippen LogP contribution in [0.3, 0.4) is 0 Å². The number of anilines is 1. The fourth-order valence-corrected chi connectivity index (χ4v) is 4.28. The predicted molar refractivity (Wildman–Crippen MR) is 97.3 cm³/mol. The number of nitro benzene ring substituents is 1. The highest BCUT2D eigenvalue weighted by Gasteiger charge is 2.29. The summed E-state index contributed by atoms with van der Waals surface area (Å²) in [5.41, 5.74) is 3.47. The Kier molecular flexibility index (Phi) is 6.12. The van der Waals surface area contributed by atoms with Crippen molar-refractivity contribution in [2.24, 2.45) is 11.0 Å². The molecule has 1 aromatic carbocycles. The maximum atomic E-state index is 12.6. The quantitative estimate of drug-likeness (QED) is 0.452. The SMILES string of the molecule is CC/C(=N/Nc1ccc(S(=O)(=O)N2CCCC2)cc1[N+](=O)[O-])C(C)C. The van der Waals surface area contributed by atoms with Crippen molar-refractivity contribution < 1.29 is 13.3 Å². The first-order valence-corrected chi connectivity index (χ1v) is 9.82. The zero-order valence-corrected chi connectivity index (χ0v) is 15.5. The normalized spacial score (nSPS) is 16.4. The van der Waals surface area contributed by atoms with Crippen LogP contribution in [0.5, 0.6) is 0 Å². The summed E-state index contributed by atoms with van der Waals surface area (Å²) < 4.78 is 26.5. The molecule has 2 rings (SSSR count). The second-order valence-corrected chi connectivity index (χ2v) is 8.21. The summed E-state index contributed by atoms with van der Waals surface area (Å²) in [5.74, 6) is 0.214. The minimum Gasteiger partial charge on any atom is -0.272 e. The molecule has 0 bridgehead atoms. The Balaban J connectivity index is 2.36. The maximum absolute atomic E-state index is 12.6. The molecule has 0 aromatic heterocycles. The third kappa shape index (κ3) is 4.35. The number of rotatable bonds is 7. The predicted octanol–water partition coefficient (Wildman–Crippen LogP) is 3.21. The molecule has 0 spiro atoms. The van der Waals surface area contributed by atoms with Gasteiger partial charge in [0.25, 0.3) is 5.69 Å². The van der Waals surface area contributed by atoms with E-state index in [1.807, 2.05) is 20.8 Å². The van der Waals surface area contributed by atoms with E-state index in [-0.39, 0.29) is 22.2 Å². The second-order valence-electron chi connectivity index (χ2n) is 6.27. The molecule has 1 heterocycles. The van der Waals surface area contributed by atoms with Crippen LogP contribution in [-0.4, -0.2) is 36.4 Å². The Morgan fingerprint density at radius 2 is 2.00 bits per heavy atom. The van der Waals surface area contributed by atoms with Crippen molar-refractivity contribution in [2.45, 2.75) is 44.9 Å². The molecule has 8 nitrogen and oxygen atoms in total. The van der Waals surface area contributed by atoms with Crippen LogP contribution >= 0.6 is 0 Å². The minimum absolute atomic E-state index is 0.0600. The molecule has 0 aliphatic carbocycles. The average Bonchev–Trinajstić information content (AvgIpc) is 3.10. The Morgan fingerprint density at radius 3 is 2.52 bits per heavy atom. The summed E-state index contributed by atoms with van der Waals surface area (Å²) in [4.78, 5) is 10.7. The highest BCUT2D eigenvalue weighted by molar-refractivity contribution is 7.89. The standard InChI is InChI=1S/C16H24N4O4S/c1-4-14(12(2)3)17-18-15-8-7-13(11-16(15)20(21)22)25(23,24)19-9-5-6-10-19/h7-8,11-12,18H,4-6,9-10H2,1-3H3/b17-14-. The summed E-state index contributed by atoms with van der Waals surface area (Å²) >= 11 is 0. The van der Waals surface area contributed by atoms with E-state index in [4.69, 9.17) is 0 Å². The van der Waals surface area contributed by atoms with Crippen LogP contribution in [0.25, 0.3) is 0 Å². The fourth-order valence-electron chi connectivity index (χ4n) is 2.74. The van der Waals surface area contributed by atoms with Crippen molar-refractivity contribution in [3.05, 3.63) is 28.3 Å². The van der Waals surface area contributed by atoms with Crippen LogP contribution in [0.1, 0.15) is 40.0 Å². The van der Waals surface area contributed by atoms with E-state index in [1.165, 1.54) is 16.4 Å². The molecule has 0 amide bonds. The van der Waals surface area contributed by atoms with Gasteiger partial charge in [0.05, 0.1) is 9.82 Å². The molecular weight excluding hydrogens is 344 g/mol. The lowest BCUT2D eigenvalue weighted by Crippen LogP contribution is -2.27. The summed E-state index contributed by atoms with van der Waals surface area (Å²) in [7, 11) is -3.70. The van der Waals surface area contributed by atoms with Crippen LogP contribution in [0.4, 0.5) is 11.4 Å². The van der Waals surface area contributed by atoms with Crippen molar-refractivity contribution in [1.29, 1.82) is 0 Å². The molecule has 1 N–H and O–H groups in total. The smallest absolute Gasteiger partial charge is 0.272 e. The highest BCUT2D eigenvalue weighted by Crippen LogP contribution is 2.30. The zero-order valence-electron chi connectivity index (χ0n) is 14.7. The lowest BCUT2D eigenvalue weighted by molar-refractivity contribution is -0.384. The van der Waals surface area contributed by atoms with Gasteiger partial charge in [-0.25, -0.2) is 8.42 Å². The van der Waals surface area contributed by atoms with Crippen LogP contribution in [0.15, 0.2) is 28.2 Å². The molecule has 0 radical (unpaired) electrons. The van der Waals surface area contributed by atoms with Crippen LogP contribution in [0, 0.1) is 16.0 Å². The van der Waals surface area contributed by atoms with Crippen molar-refractivity contribution >= 4 is 27.1 Å². The number of nitro groups is 1. The number of hydrazone groups is 1. The fraction of sp³-hybridized carbons (Fsp3) is 0.562. The van der Waals surface area contributed by atoms with Crippen molar-refractivity contribution in [2.75, 3.05) is 18.5 Å².